The van der Waals surface area contributed by atoms with Crippen molar-refractivity contribution in [2.75, 3.05) is 6.54 Å². The molecule has 2 N–H and O–H groups in total. The number of hydrogen-bond donors (Lipinski definition) is 2. The molecule has 4 nitrogen and oxygen atoms in total. The van der Waals surface area contributed by atoms with E-state index in [2.05, 4.69) is 4.72 Å². The Bertz CT molecular complexity index is 573. The lowest BCUT2D eigenvalue weighted by Gasteiger charge is -2.17. The maximum atomic E-state index is 12.3. The molecule has 0 fully saturated rings. The molecular formula is C13H19Cl2NO3S. The standard InChI is InChI=1S/C13H19Cl2NO3S/c1-8(2)9(3)6-16-20(18,19)12-5-11(14)4-10(7-17)13(12)15/h4-5,8-9,16-17H,6-7H2,1-3H3. The van der Waals surface area contributed by atoms with E-state index in [9.17, 15) is 8.42 Å². The fourth-order valence-electron chi connectivity index (χ4n) is 1.48. The van der Waals surface area contributed by atoms with Crippen LogP contribution in [0.15, 0.2) is 17.0 Å². The molecule has 7 heteroatoms. The molecule has 0 bridgehead atoms. The van der Waals surface area contributed by atoms with Gasteiger partial charge in [-0.25, -0.2) is 13.1 Å². The number of aliphatic hydroxyl groups is 1. The fourth-order valence-corrected chi connectivity index (χ4v) is 3.55. The lowest BCUT2D eigenvalue weighted by atomic mass is 9.99. The molecule has 1 atom stereocenters. The molecule has 20 heavy (non-hydrogen) atoms. The van der Waals surface area contributed by atoms with Gasteiger partial charge in [-0.1, -0.05) is 44.0 Å². The highest BCUT2D eigenvalue weighted by Gasteiger charge is 2.22. The molecule has 0 aliphatic rings. The van der Waals surface area contributed by atoms with Crippen molar-refractivity contribution in [3.05, 3.63) is 27.7 Å². The van der Waals surface area contributed by atoms with Crippen LogP contribution in [0.3, 0.4) is 0 Å². The van der Waals surface area contributed by atoms with Crippen LogP contribution in [0.5, 0.6) is 0 Å². The van der Waals surface area contributed by atoms with Gasteiger partial charge in [0.25, 0.3) is 0 Å². The van der Waals surface area contributed by atoms with Gasteiger partial charge in [0.2, 0.25) is 10.0 Å². The third-order valence-electron chi connectivity index (χ3n) is 3.27. The van der Waals surface area contributed by atoms with Crippen molar-refractivity contribution < 1.29 is 13.5 Å². The van der Waals surface area contributed by atoms with Crippen molar-refractivity contribution >= 4 is 33.2 Å². The van der Waals surface area contributed by atoms with Gasteiger partial charge in [0, 0.05) is 11.6 Å². The number of nitrogens with one attached hydrogen (secondary N) is 1. The molecule has 0 aromatic heterocycles. The van der Waals surface area contributed by atoms with Gasteiger partial charge in [-0.2, -0.15) is 0 Å². The summed E-state index contributed by atoms with van der Waals surface area (Å²) in [5.74, 6) is 0.556. The molecule has 0 radical (unpaired) electrons. The monoisotopic (exact) mass is 339 g/mol. The summed E-state index contributed by atoms with van der Waals surface area (Å²) in [6.45, 7) is 5.96. The zero-order valence-corrected chi connectivity index (χ0v) is 14.0. The van der Waals surface area contributed by atoms with Gasteiger partial charge >= 0.3 is 0 Å². The van der Waals surface area contributed by atoms with E-state index in [1.165, 1.54) is 12.1 Å². The van der Waals surface area contributed by atoms with E-state index >= 15 is 0 Å². The average Bonchev–Trinajstić information content (AvgIpc) is 2.37. The molecule has 0 aliphatic carbocycles. The molecule has 0 heterocycles. The first-order chi connectivity index (χ1) is 9.19. The van der Waals surface area contributed by atoms with Crippen LogP contribution >= 0.6 is 23.2 Å². The number of hydrogen-bond acceptors (Lipinski definition) is 3. The predicted octanol–water partition coefficient (Wildman–Crippen LogP) is 3.06. The van der Waals surface area contributed by atoms with E-state index < -0.39 is 10.0 Å². The summed E-state index contributed by atoms with van der Waals surface area (Å²) in [6.07, 6.45) is 0. The van der Waals surface area contributed by atoms with Crippen LogP contribution in [0.25, 0.3) is 0 Å². The van der Waals surface area contributed by atoms with Gasteiger partial charge in [0.15, 0.2) is 0 Å². The Morgan fingerprint density at radius 2 is 1.85 bits per heavy atom. The summed E-state index contributed by atoms with van der Waals surface area (Å²) in [7, 11) is -3.75. The summed E-state index contributed by atoms with van der Waals surface area (Å²) in [4.78, 5) is -0.105. The van der Waals surface area contributed by atoms with E-state index in [0.29, 0.717) is 12.5 Å². The Kier molecular flexibility index (Phi) is 6.28. The van der Waals surface area contributed by atoms with Gasteiger partial charge in [0.05, 0.1) is 11.6 Å². The van der Waals surface area contributed by atoms with Gasteiger partial charge in [-0.05, 0) is 29.5 Å². The number of rotatable bonds is 6. The van der Waals surface area contributed by atoms with Crippen molar-refractivity contribution in [2.24, 2.45) is 11.8 Å². The minimum absolute atomic E-state index is 0.00148. The highest BCUT2D eigenvalue weighted by molar-refractivity contribution is 7.89. The zero-order chi connectivity index (χ0) is 15.5. The maximum Gasteiger partial charge on any atom is 0.242 e. The van der Waals surface area contributed by atoms with Gasteiger partial charge in [-0.15, -0.1) is 0 Å². The largest absolute Gasteiger partial charge is 0.392 e. The summed E-state index contributed by atoms with van der Waals surface area (Å²) in [5, 5.41) is 9.39. The Morgan fingerprint density at radius 1 is 1.25 bits per heavy atom. The molecular weight excluding hydrogens is 321 g/mol. The van der Waals surface area contributed by atoms with Crippen molar-refractivity contribution in [1.29, 1.82) is 0 Å². The Morgan fingerprint density at radius 3 is 2.35 bits per heavy atom. The Hall–Kier alpha value is -0.330. The van der Waals surface area contributed by atoms with Crippen LogP contribution in [0.2, 0.25) is 10.0 Å². The normalized spacial score (nSPS) is 13.8. The minimum atomic E-state index is -3.75. The molecule has 114 valence electrons. The van der Waals surface area contributed by atoms with Crippen LogP contribution in [0.4, 0.5) is 0 Å². The van der Waals surface area contributed by atoms with E-state index in [-0.39, 0.29) is 33.0 Å². The van der Waals surface area contributed by atoms with Crippen molar-refractivity contribution in [3.8, 4) is 0 Å². The summed E-state index contributed by atoms with van der Waals surface area (Å²) in [6, 6.07) is 2.73. The third-order valence-corrected chi connectivity index (χ3v) is 5.50. The minimum Gasteiger partial charge on any atom is -0.392 e. The summed E-state index contributed by atoms with van der Waals surface area (Å²) >= 11 is 11.9. The Balaban J connectivity index is 3.07. The molecule has 0 amide bonds. The molecule has 0 spiro atoms. The van der Waals surface area contributed by atoms with E-state index in [1.807, 2.05) is 20.8 Å². The van der Waals surface area contributed by atoms with Crippen LogP contribution in [0, 0.1) is 11.8 Å². The average molecular weight is 340 g/mol. The fraction of sp³-hybridized carbons (Fsp3) is 0.538. The van der Waals surface area contributed by atoms with Gasteiger partial charge in [-0.3, -0.25) is 0 Å². The number of halogens is 2. The lowest BCUT2D eigenvalue weighted by molar-refractivity contribution is 0.281. The SMILES string of the molecule is CC(C)C(C)CNS(=O)(=O)c1cc(Cl)cc(CO)c1Cl. The van der Waals surface area contributed by atoms with E-state index in [1.54, 1.807) is 0 Å². The second-order valence-corrected chi connectivity index (χ2v) is 7.66. The van der Waals surface area contributed by atoms with Crippen LogP contribution in [-0.2, 0) is 16.6 Å². The van der Waals surface area contributed by atoms with Crippen LogP contribution < -0.4 is 4.72 Å². The highest BCUT2D eigenvalue weighted by Crippen LogP contribution is 2.29. The van der Waals surface area contributed by atoms with Crippen molar-refractivity contribution in [3.63, 3.8) is 0 Å². The molecule has 0 saturated heterocycles. The second kappa shape index (κ2) is 7.09. The topological polar surface area (TPSA) is 66.4 Å². The van der Waals surface area contributed by atoms with E-state index in [0.717, 1.165) is 0 Å². The summed E-state index contributed by atoms with van der Waals surface area (Å²) < 4.78 is 27.1. The first-order valence-electron chi connectivity index (χ1n) is 6.27. The molecule has 1 rings (SSSR count). The van der Waals surface area contributed by atoms with E-state index in [4.69, 9.17) is 28.3 Å². The van der Waals surface area contributed by atoms with Gasteiger partial charge in [0.1, 0.15) is 4.90 Å². The quantitative estimate of drug-likeness (QED) is 0.836. The number of benzene rings is 1. The molecule has 0 aliphatic heterocycles. The lowest BCUT2D eigenvalue weighted by Crippen LogP contribution is -2.30. The van der Waals surface area contributed by atoms with Crippen LogP contribution in [-0.4, -0.2) is 20.1 Å². The zero-order valence-electron chi connectivity index (χ0n) is 11.7. The second-order valence-electron chi connectivity index (χ2n) is 5.11. The first kappa shape index (κ1) is 17.7. The third kappa shape index (κ3) is 4.33. The van der Waals surface area contributed by atoms with Crippen LogP contribution in [0.1, 0.15) is 26.3 Å². The molecule has 0 saturated carbocycles. The summed E-state index contributed by atoms with van der Waals surface area (Å²) in [5.41, 5.74) is 0.288. The van der Waals surface area contributed by atoms with Crippen molar-refractivity contribution in [1.82, 2.24) is 4.72 Å². The maximum absolute atomic E-state index is 12.3. The smallest absolute Gasteiger partial charge is 0.242 e. The van der Waals surface area contributed by atoms with Crippen molar-refractivity contribution in [2.45, 2.75) is 32.3 Å². The molecule has 1 unspecified atom stereocenters. The van der Waals surface area contributed by atoms with Gasteiger partial charge < -0.3 is 5.11 Å². The molecule has 1 aromatic carbocycles. The molecule has 1 aromatic rings. The number of aliphatic hydroxyl groups excluding tert-OH is 1. The highest BCUT2D eigenvalue weighted by atomic mass is 35.5. The predicted molar refractivity (Wildman–Crippen MR) is 81.6 cm³/mol. The number of sulfonamides is 1. The first-order valence-corrected chi connectivity index (χ1v) is 8.51. The Labute approximate surface area is 130 Å².